The molecule has 0 atom stereocenters. The Morgan fingerprint density at radius 3 is 2.50 bits per heavy atom. The molecule has 1 amide bonds. The Morgan fingerprint density at radius 2 is 1.96 bits per heavy atom. The number of carbonyl (C=O) groups excluding carboxylic acids is 1. The molecule has 24 heavy (non-hydrogen) atoms. The van der Waals surface area contributed by atoms with Crippen LogP contribution in [0.2, 0.25) is 0 Å². The van der Waals surface area contributed by atoms with Crippen LogP contribution in [0.4, 0.5) is 0 Å². The van der Waals surface area contributed by atoms with Crippen molar-refractivity contribution in [3.05, 3.63) is 41.8 Å². The molecular formula is C18H23N3O2S. The quantitative estimate of drug-likeness (QED) is 0.838. The van der Waals surface area contributed by atoms with Crippen LogP contribution in [0.15, 0.2) is 40.0 Å². The van der Waals surface area contributed by atoms with E-state index in [-0.39, 0.29) is 22.6 Å². The van der Waals surface area contributed by atoms with Crippen molar-refractivity contribution in [2.24, 2.45) is 0 Å². The Bertz CT molecular complexity index is 703. The second kappa shape index (κ2) is 6.59. The number of aromatic nitrogens is 2. The largest absolute Gasteiger partial charge is 0.415 e. The van der Waals surface area contributed by atoms with E-state index < -0.39 is 0 Å². The maximum Gasteiger partial charge on any atom is 0.277 e. The zero-order chi connectivity index (χ0) is 17.2. The van der Waals surface area contributed by atoms with Crippen LogP contribution in [-0.4, -0.2) is 21.9 Å². The second-order valence-electron chi connectivity index (χ2n) is 7.26. The van der Waals surface area contributed by atoms with Gasteiger partial charge in [-0.1, -0.05) is 62.9 Å². The van der Waals surface area contributed by atoms with Gasteiger partial charge in [-0.2, -0.15) is 0 Å². The highest BCUT2D eigenvalue weighted by Gasteiger charge is 2.39. The molecule has 0 spiro atoms. The summed E-state index contributed by atoms with van der Waals surface area (Å²) in [6.45, 7) is 6.05. The maximum absolute atomic E-state index is 12.4. The maximum atomic E-state index is 12.4. The van der Waals surface area contributed by atoms with Crippen LogP contribution in [-0.2, 0) is 15.7 Å². The van der Waals surface area contributed by atoms with Gasteiger partial charge >= 0.3 is 0 Å². The van der Waals surface area contributed by atoms with Crippen molar-refractivity contribution in [1.29, 1.82) is 0 Å². The summed E-state index contributed by atoms with van der Waals surface area (Å²) < 4.78 is 5.61. The van der Waals surface area contributed by atoms with Crippen LogP contribution in [0, 0.1) is 0 Å². The highest BCUT2D eigenvalue weighted by atomic mass is 32.2. The number of thioether (sulfide) groups is 1. The third kappa shape index (κ3) is 3.64. The van der Waals surface area contributed by atoms with Crippen molar-refractivity contribution in [3.8, 4) is 0 Å². The number of carbonyl (C=O) groups is 1. The number of rotatable bonds is 5. The summed E-state index contributed by atoms with van der Waals surface area (Å²) in [6, 6.07) is 10.2. The molecule has 128 valence electrons. The van der Waals surface area contributed by atoms with Gasteiger partial charge in [0.2, 0.25) is 11.8 Å². The average molecular weight is 345 g/mol. The van der Waals surface area contributed by atoms with Gasteiger partial charge in [-0.3, -0.25) is 4.79 Å². The Labute approximate surface area is 146 Å². The highest BCUT2D eigenvalue weighted by molar-refractivity contribution is 7.99. The highest BCUT2D eigenvalue weighted by Crippen LogP contribution is 2.41. The van der Waals surface area contributed by atoms with E-state index >= 15 is 0 Å². The van der Waals surface area contributed by atoms with Gasteiger partial charge in [-0.15, -0.1) is 10.2 Å². The Kier molecular flexibility index (Phi) is 4.67. The molecule has 1 fully saturated rings. The number of benzene rings is 1. The zero-order valence-corrected chi connectivity index (χ0v) is 15.2. The normalized spacial score (nSPS) is 16.5. The molecule has 5 nitrogen and oxygen atoms in total. The minimum Gasteiger partial charge on any atom is -0.415 e. The number of hydrogen-bond acceptors (Lipinski definition) is 5. The van der Waals surface area contributed by atoms with E-state index in [0.29, 0.717) is 11.1 Å². The number of nitrogens with zero attached hydrogens (tertiary/aromatic N) is 2. The zero-order valence-electron chi connectivity index (χ0n) is 14.3. The molecule has 0 radical (unpaired) electrons. The molecule has 0 unspecified atom stereocenters. The number of amides is 1. The average Bonchev–Trinajstić information content (AvgIpc) is 2.99. The van der Waals surface area contributed by atoms with Crippen molar-refractivity contribution in [3.63, 3.8) is 0 Å². The second-order valence-corrected chi connectivity index (χ2v) is 8.19. The van der Waals surface area contributed by atoms with E-state index in [1.807, 2.05) is 39.0 Å². The lowest BCUT2D eigenvalue weighted by Gasteiger charge is -2.43. The molecule has 1 aromatic carbocycles. The van der Waals surface area contributed by atoms with Gasteiger partial charge in [-0.05, 0) is 24.8 Å². The fraction of sp³-hybridized carbons (Fsp3) is 0.500. The summed E-state index contributed by atoms with van der Waals surface area (Å²) in [5.41, 5.74) is 0.796. The summed E-state index contributed by atoms with van der Waals surface area (Å²) >= 11 is 1.28. The minimum atomic E-state index is -0.204. The summed E-state index contributed by atoms with van der Waals surface area (Å²) in [5.74, 6) is 0.865. The van der Waals surface area contributed by atoms with Crippen molar-refractivity contribution in [2.75, 3.05) is 5.75 Å². The Morgan fingerprint density at radius 1 is 1.25 bits per heavy atom. The fourth-order valence-corrected chi connectivity index (χ4v) is 3.34. The van der Waals surface area contributed by atoms with Gasteiger partial charge in [-0.25, -0.2) is 0 Å². The number of nitrogens with one attached hydrogen (secondary N) is 1. The van der Waals surface area contributed by atoms with Crippen LogP contribution in [0.5, 0.6) is 0 Å². The van der Waals surface area contributed by atoms with Crippen molar-refractivity contribution in [1.82, 2.24) is 15.5 Å². The van der Waals surface area contributed by atoms with Gasteiger partial charge in [0.1, 0.15) is 0 Å². The molecule has 3 rings (SSSR count). The molecule has 1 heterocycles. The molecule has 0 bridgehead atoms. The van der Waals surface area contributed by atoms with E-state index in [2.05, 4.69) is 27.6 Å². The monoisotopic (exact) mass is 345 g/mol. The van der Waals surface area contributed by atoms with E-state index in [1.54, 1.807) is 0 Å². The van der Waals surface area contributed by atoms with E-state index in [4.69, 9.17) is 4.42 Å². The van der Waals surface area contributed by atoms with Gasteiger partial charge < -0.3 is 9.73 Å². The van der Waals surface area contributed by atoms with Crippen LogP contribution in [0.1, 0.15) is 51.5 Å². The SMILES string of the molecule is CC(C)(C)c1nnc(SCC(=O)NC2(c3ccccc3)CCC2)o1. The predicted molar refractivity (Wildman–Crippen MR) is 93.8 cm³/mol. The minimum absolute atomic E-state index is 0.000869. The summed E-state index contributed by atoms with van der Waals surface area (Å²) in [7, 11) is 0. The molecule has 1 N–H and O–H groups in total. The van der Waals surface area contributed by atoms with E-state index in [0.717, 1.165) is 19.3 Å². The molecular weight excluding hydrogens is 322 g/mol. The molecule has 2 aromatic rings. The first-order valence-corrected chi connectivity index (χ1v) is 9.21. The molecule has 0 aliphatic heterocycles. The fourth-order valence-electron chi connectivity index (χ4n) is 2.77. The summed E-state index contributed by atoms with van der Waals surface area (Å²) in [4.78, 5) is 12.4. The molecule has 1 saturated carbocycles. The topological polar surface area (TPSA) is 68.0 Å². The lowest BCUT2D eigenvalue weighted by Crippen LogP contribution is -2.51. The molecule has 6 heteroatoms. The van der Waals surface area contributed by atoms with Crippen LogP contribution in [0.3, 0.4) is 0 Å². The van der Waals surface area contributed by atoms with Gasteiger partial charge in [0.15, 0.2) is 0 Å². The van der Waals surface area contributed by atoms with Gasteiger partial charge in [0.25, 0.3) is 5.22 Å². The third-order valence-electron chi connectivity index (χ3n) is 4.29. The van der Waals surface area contributed by atoms with Crippen LogP contribution in [0.25, 0.3) is 0 Å². The van der Waals surface area contributed by atoms with Crippen molar-refractivity contribution < 1.29 is 9.21 Å². The van der Waals surface area contributed by atoms with Gasteiger partial charge in [0.05, 0.1) is 11.3 Å². The Hall–Kier alpha value is -1.82. The molecule has 1 aliphatic carbocycles. The number of hydrogen-bond donors (Lipinski definition) is 1. The smallest absolute Gasteiger partial charge is 0.277 e. The predicted octanol–water partition coefficient (Wildman–Crippen LogP) is 3.65. The molecule has 1 aromatic heterocycles. The summed E-state index contributed by atoms with van der Waals surface area (Å²) in [5, 5.41) is 11.7. The van der Waals surface area contributed by atoms with Crippen molar-refractivity contribution >= 4 is 17.7 Å². The van der Waals surface area contributed by atoms with Crippen LogP contribution < -0.4 is 5.32 Å². The van der Waals surface area contributed by atoms with Gasteiger partial charge in [0, 0.05) is 5.41 Å². The lowest BCUT2D eigenvalue weighted by atomic mass is 9.72. The lowest BCUT2D eigenvalue weighted by molar-refractivity contribution is -0.121. The molecule has 1 aliphatic rings. The van der Waals surface area contributed by atoms with Crippen LogP contribution >= 0.6 is 11.8 Å². The molecule has 0 saturated heterocycles. The van der Waals surface area contributed by atoms with E-state index in [1.165, 1.54) is 17.3 Å². The first-order valence-electron chi connectivity index (χ1n) is 8.22. The first-order chi connectivity index (χ1) is 11.4. The summed E-state index contributed by atoms with van der Waals surface area (Å²) in [6.07, 6.45) is 3.12. The van der Waals surface area contributed by atoms with E-state index in [9.17, 15) is 4.79 Å². The third-order valence-corrected chi connectivity index (χ3v) is 5.11. The standard InChI is InChI=1S/C18H23N3O2S/c1-17(2,3)15-20-21-16(23-15)24-12-14(22)19-18(10-7-11-18)13-8-5-4-6-9-13/h4-6,8-9H,7,10-12H2,1-3H3,(H,19,22). The van der Waals surface area contributed by atoms with Crippen molar-refractivity contribution in [2.45, 2.75) is 56.2 Å². The Balaban J connectivity index is 1.59. The first kappa shape index (κ1) is 17.0.